The molecule has 0 saturated heterocycles. The van der Waals surface area contributed by atoms with Crippen LogP contribution in [0.5, 0.6) is 0 Å². The standard InChI is InChI=1S/C14H14N2O/c1-9-2-4-12(15-8-9)10-3-5-13-11(6-10)7-14(17)16-13/h3,5-7,9H,2,4,8H2,1H3. The summed E-state index contributed by atoms with van der Waals surface area (Å²) in [7, 11) is 0. The monoisotopic (exact) mass is 226 g/mol. The summed E-state index contributed by atoms with van der Waals surface area (Å²) in [5.41, 5.74) is 2.30. The van der Waals surface area contributed by atoms with Crippen LogP contribution in [-0.2, 0) is 4.79 Å². The maximum absolute atomic E-state index is 11.2. The molecule has 1 amide bonds. The largest absolute Gasteiger partial charge is 0.289 e. The lowest BCUT2D eigenvalue weighted by Crippen LogP contribution is -2.23. The maximum atomic E-state index is 11.2. The van der Waals surface area contributed by atoms with Gasteiger partial charge in [-0.3, -0.25) is 9.79 Å². The summed E-state index contributed by atoms with van der Waals surface area (Å²) in [5, 5.41) is 1.71. The topological polar surface area (TPSA) is 41.8 Å². The molecule has 0 bridgehead atoms. The number of carbonyl (C=O) groups excluding carboxylic acids is 1. The Balaban J connectivity index is 2.02. The second kappa shape index (κ2) is 3.91. The highest BCUT2D eigenvalue weighted by molar-refractivity contribution is 6.07. The van der Waals surface area contributed by atoms with E-state index in [1.165, 1.54) is 12.1 Å². The molecule has 0 aliphatic carbocycles. The fraction of sp³-hybridized carbons (Fsp3) is 0.357. The number of nitrogens with zero attached hydrogens (tertiary/aromatic N) is 2. The number of benzene rings is 1. The van der Waals surface area contributed by atoms with Gasteiger partial charge < -0.3 is 0 Å². The minimum atomic E-state index is -0.156. The van der Waals surface area contributed by atoms with Crippen LogP contribution in [0.4, 0.5) is 0 Å². The van der Waals surface area contributed by atoms with E-state index < -0.39 is 0 Å². The molecule has 3 nitrogen and oxygen atoms in total. The predicted molar refractivity (Wildman–Crippen MR) is 66.5 cm³/mol. The van der Waals surface area contributed by atoms with Crippen molar-refractivity contribution in [2.24, 2.45) is 15.9 Å². The lowest BCUT2D eigenvalue weighted by atomic mass is 9.95. The van der Waals surface area contributed by atoms with Crippen molar-refractivity contribution >= 4 is 17.7 Å². The van der Waals surface area contributed by atoms with Crippen molar-refractivity contribution in [1.29, 1.82) is 0 Å². The zero-order chi connectivity index (χ0) is 11.8. The minimum absolute atomic E-state index is 0.156. The molecule has 3 rings (SSSR count). The van der Waals surface area contributed by atoms with Crippen molar-refractivity contribution in [2.75, 3.05) is 6.54 Å². The Morgan fingerprint density at radius 2 is 2.24 bits per heavy atom. The lowest BCUT2D eigenvalue weighted by molar-refractivity contribution is -0.112. The van der Waals surface area contributed by atoms with Crippen LogP contribution in [0.3, 0.4) is 0 Å². The Hall–Kier alpha value is -1.77. The molecule has 0 saturated carbocycles. The van der Waals surface area contributed by atoms with Crippen molar-refractivity contribution in [3.05, 3.63) is 34.3 Å². The van der Waals surface area contributed by atoms with Gasteiger partial charge in [-0.25, -0.2) is 4.99 Å². The number of aliphatic imine (C=N–C) groups is 1. The fourth-order valence-electron chi connectivity index (χ4n) is 2.29. The van der Waals surface area contributed by atoms with Crippen LogP contribution in [0, 0.1) is 5.92 Å². The molecule has 0 radical (unpaired) electrons. The highest BCUT2D eigenvalue weighted by atomic mass is 16.1. The highest BCUT2D eigenvalue weighted by Crippen LogP contribution is 2.16. The molecule has 86 valence electrons. The van der Waals surface area contributed by atoms with Gasteiger partial charge in [-0.1, -0.05) is 13.0 Å². The lowest BCUT2D eigenvalue weighted by Gasteiger charge is -2.17. The van der Waals surface area contributed by atoms with E-state index >= 15 is 0 Å². The zero-order valence-electron chi connectivity index (χ0n) is 9.81. The first-order chi connectivity index (χ1) is 8.22. The Morgan fingerprint density at radius 3 is 3.00 bits per heavy atom. The van der Waals surface area contributed by atoms with Crippen LogP contribution >= 0.6 is 0 Å². The number of hydrogen-bond donors (Lipinski definition) is 0. The molecule has 2 aliphatic heterocycles. The molecule has 0 spiro atoms. The fourth-order valence-corrected chi connectivity index (χ4v) is 2.29. The summed E-state index contributed by atoms with van der Waals surface area (Å²) in [6.07, 6.45) is 3.82. The van der Waals surface area contributed by atoms with E-state index in [1.807, 2.05) is 18.2 Å². The average molecular weight is 226 g/mol. The van der Waals surface area contributed by atoms with Gasteiger partial charge in [-0.2, -0.15) is 0 Å². The number of amides is 1. The van der Waals surface area contributed by atoms with Gasteiger partial charge in [-0.05, 0) is 36.5 Å². The third-order valence-corrected chi connectivity index (χ3v) is 3.34. The number of rotatable bonds is 1. The SMILES string of the molecule is CC1CCC(c2ccc3c(c2)=CC(=O)N=3)=NC1. The number of carbonyl (C=O) groups is 1. The molecular weight excluding hydrogens is 212 g/mol. The number of fused-ring (bicyclic) bond motifs is 1. The van der Waals surface area contributed by atoms with Crippen LogP contribution in [0.15, 0.2) is 28.2 Å². The van der Waals surface area contributed by atoms with Gasteiger partial charge in [0.2, 0.25) is 0 Å². The van der Waals surface area contributed by atoms with Gasteiger partial charge in [0.1, 0.15) is 0 Å². The number of hydrogen-bond acceptors (Lipinski definition) is 2. The van der Waals surface area contributed by atoms with E-state index in [0.717, 1.165) is 29.1 Å². The summed E-state index contributed by atoms with van der Waals surface area (Å²) in [5.74, 6) is 0.535. The second-order valence-corrected chi connectivity index (χ2v) is 4.80. The zero-order valence-corrected chi connectivity index (χ0v) is 9.81. The van der Waals surface area contributed by atoms with Gasteiger partial charge in [0.25, 0.3) is 5.91 Å². The van der Waals surface area contributed by atoms with Crippen LogP contribution < -0.4 is 10.6 Å². The normalized spacial score (nSPS) is 22.5. The molecule has 0 aromatic heterocycles. The van der Waals surface area contributed by atoms with Gasteiger partial charge in [-0.15, -0.1) is 0 Å². The van der Waals surface area contributed by atoms with E-state index in [2.05, 4.69) is 16.9 Å². The summed E-state index contributed by atoms with van der Waals surface area (Å²) >= 11 is 0. The summed E-state index contributed by atoms with van der Waals surface area (Å²) < 4.78 is 0. The van der Waals surface area contributed by atoms with E-state index in [-0.39, 0.29) is 5.91 Å². The molecule has 2 heterocycles. The van der Waals surface area contributed by atoms with Gasteiger partial charge >= 0.3 is 0 Å². The molecular formula is C14H14N2O. The maximum Gasteiger partial charge on any atom is 0.270 e. The second-order valence-electron chi connectivity index (χ2n) is 4.80. The van der Waals surface area contributed by atoms with Crippen molar-refractivity contribution in [3.63, 3.8) is 0 Å². The molecule has 1 aromatic carbocycles. The predicted octanol–water partition coefficient (Wildman–Crippen LogP) is 0.846. The molecule has 2 aliphatic rings. The van der Waals surface area contributed by atoms with Crippen molar-refractivity contribution in [1.82, 2.24) is 0 Å². The molecule has 1 unspecified atom stereocenters. The van der Waals surface area contributed by atoms with Gasteiger partial charge in [0, 0.05) is 23.6 Å². The van der Waals surface area contributed by atoms with Crippen molar-refractivity contribution < 1.29 is 4.79 Å². The van der Waals surface area contributed by atoms with E-state index in [9.17, 15) is 4.79 Å². The van der Waals surface area contributed by atoms with Crippen LogP contribution in [0.1, 0.15) is 25.3 Å². The highest BCUT2D eigenvalue weighted by Gasteiger charge is 2.13. The molecule has 3 heteroatoms. The first-order valence-corrected chi connectivity index (χ1v) is 6.00. The summed E-state index contributed by atoms with van der Waals surface area (Å²) in [4.78, 5) is 19.7. The first-order valence-electron chi connectivity index (χ1n) is 6.00. The van der Waals surface area contributed by atoms with Crippen molar-refractivity contribution in [2.45, 2.75) is 19.8 Å². The quantitative estimate of drug-likeness (QED) is 0.700. The van der Waals surface area contributed by atoms with Crippen molar-refractivity contribution in [3.8, 4) is 0 Å². The van der Waals surface area contributed by atoms with Gasteiger partial charge in [0.15, 0.2) is 0 Å². The molecule has 1 atom stereocenters. The Labute approximate surface area is 99.6 Å². The van der Waals surface area contributed by atoms with Crippen LogP contribution in [-0.4, -0.2) is 18.2 Å². The summed E-state index contributed by atoms with van der Waals surface area (Å²) in [6.45, 7) is 3.15. The molecule has 1 aromatic rings. The Morgan fingerprint density at radius 1 is 1.35 bits per heavy atom. The average Bonchev–Trinajstić information content (AvgIpc) is 2.69. The van der Waals surface area contributed by atoms with E-state index in [1.54, 1.807) is 6.08 Å². The minimum Gasteiger partial charge on any atom is -0.289 e. The Kier molecular flexibility index (Phi) is 2.39. The summed E-state index contributed by atoms with van der Waals surface area (Å²) in [6, 6.07) is 5.95. The van der Waals surface area contributed by atoms with Crippen LogP contribution in [0.2, 0.25) is 0 Å². The molecule has 0 fully saturated rings. The molecule has 0 N–H and O–H groups in total. The van der Waals surface area contributed by atoms with E-state index in [4.69, 9.17) is 0 Å². The molecule has 17 heavy (non-hydrogen) atoms. The Bertz CT molecular complexity index is 628. The first kappa shape index (κ1) is 10.4. The van der Waals surface area contributed by atoms with Gasteiger partial charge in [0.05, 0.1) is 5.36 Å². The van der Waals surface area contributed by atoms with Crippen LogP contribution in [0.25, 0.3) is 6.08 Å². The smallest absolute Gasteiger partial charge is 0.270 e. The van der Waals surface area contributed by atoms with E-state index in [0.29, 0.717) is 5.92 Å². The third-order valence-electron chi connectivity index (χ3n) is 3.34. The third kappa shape index (κ3) is 1.93.